The molecule has 0 bridgehead atoms. The summed E-state index contributed by atoms with van der Waals surface area (Å²) in [5, 5.41) is 17.6. The third-order valence-corrected chi connectivity index (χ3v) is 1.62. The monoisotopic (exact) mass is 197 g/mol. The summed E-state index contributed by atoms with van der Waals surface area (Å²) in [6, 6.07) is -0.884. The second-order valence-corrected chi connectivity index (χ2v) is 2.57. The lowest BCUT2D eigenvalue weighted by Gasteiger charge is -2.06. The normalized spacial score (nSPS) is 16.8. The van der Waals surface area contributed by atoms with Crippen molar-refractivity contribution in [3.05, 3.63) is 10.1 Å². The van der Waals surface area contributed by atoms with E-state index >= 15 is 0 Å². The molecular formula is C4H8BrNO3. The lowest BCUT2D eigenvalue weighted by Crippen LogP contribution is -2.28. The van der Waals surface area contributed by atoms with E-state index in [9.17, 15) is 10.1 Å². The average Bonchev–Trinajstić information content (AvgIpc) is 1.64. The number of nitro groups is 1. The zero-order valence-corrected chi connectivity index (χ0v) is 6.54. The van der Waals surface area contributed by atoms with Crippen LogP contribution in [0.15, 0.2) is 0 Å². The average molecular weight is 198 g/mol. The predicted molar refractivity (Wildman–Crippen MR) is 36.0 cm³/mol. The third kappa shape index (κ3) is 2.76. The molecule has 0 aliphatic heterocycles. The van der Waals surface area contributed by atoms with Crippen molar-refractivity contribution in [3.63, 3.8) is 0 Å². The molecule has 0 rings (SSSR count). The second kappa shape index (κ2) is 3.79. The number of aliphatic hydroxyl groups is 1. The molecular weight excluding hydrogens is 190 g/mol. The minimum absolute atomic E-state index is 0.333. The number of halogens is 1. The van der Waals surface area contributed by atoms with Crippen molar-refractivity contribution in [1.82, 2.24) is 0 Å². The second-order valence-electron chi connectivity index (χ2n) is 1.63. The van der Waals surface area contributed by atoms with Crippen molar-refractivity contribution in [1.29, 1.82) is 0 Å². The van der Waals surface area contributed by atoms with Crippen molar-refractivity contribution in [2.24, 2.45) is 0 Å². The van der Waals surface area contributed by atoms with E-state index in [2.05, 4.69) is 15.9 Å². The molecule has 0 heterocycles. The van der Waals surface area contributed by atoms with Gasteiger partial charge in [0.05, 0.1) is 0 Å². The fraction of sp³-hybridized carbons (Fsp3) is 1.00. The van der Waals surface area contributed by atoms with Gasteiger partial charge in [0.15, 0.2) is 5.01 Å². The fourth-order valence-corrected chi connectivity index (χ4v) is 1.01. The number of alkyl halides is 1. The Morgan fingerprint density at radius 2 is 2.33 bits per heavy atom. The molecule has 0 radical (unpaired) electrons. The first-order valence-electron chi connectivity index (χ1n) is 2.55. The zero-order valence-electron chi connectivity index (χ0n) is 4.95. The van der Waals surface area contributed by atoms with E-state index in [1.54, 1.807) is 6.92 Å². The Morgan fingerprint density at radius 1 is 1.89 bits per heavy atom. The van der Waals surface area contributed by atoms with Gasteiger partial charge in [0, 0.05) is 11.3 Å². The highest BCUT2D eigenvalue weighted by molar-refractivity contribution is 9.09. The van der Waals surface area contributed by atoms with Crippen molar-refractivity contribution in [3.8, 4) is 0 Å². The van der Waals surface area contributed by atoms with Gasteiger partial charge in [0.2, 0.25) is 6.04 Å². The summed E-state index contributed by atoms with van der Waals surface area (Å²) >= 11 is 2.72. The SMILES string of the molecule is CCC(C(O)Br)[N+](=O)[O-]. The maximum Gasteiger partial charge on any atom is 0.248 e. The highest BCUT2D eigenvalue weighted by atomic mass is 79.9. The Labute approximate surface area is 61.1 Å². The molecule has 4 nitrogen and oxygen atoms in total. The standard InChI is InChI=1S/C4H8BrNO3/c1-2-3(4(5)7)6(8)9/h3-4,7H,2H2,1H3. The molecule has 0 fully saturated rings. The summed E-state index contributed by atoms with van der Waals surface area (Å²) in [6.45, 7) is 1.65. The van der Waals surface area contributed by atoms with Crippen LogP contribution in [0.3, 0.4) is 0 Å². The zero-order chi connectivity index (χ0) is 7.44. The summed E-state index contributed by atoms with van der Waals surface area (Å²) in [4.78, 5) is 9.49. The third-order valence-electron chi connectivity index (χ3n) is 1.01. The van der Waals surface area contributed by atoms with Gasteiger partial charge in [-0.1, -0.05) is 22.9 Å². The van der Waals surface area contributed by atoms with Gasteiger partial charge in [-0.25, -0.2) is 0 Å². The van der Waals surface area contributed by atoms with Crippen LogP contribution in [0.4, 0.5) is 0 Å². The van der Waals surface area contributed by atoms with Gasteiger partial charge in [-0.15, -0.1) is 0 Å². The van der Waals surface area contributed by atoms with Crippen LogP contribution in [0.25, 0.3) is 0 Å². The highest BCUT2D eigenvalue weighted by Crippen LogP contribution is 2.07. The smallest absolute Gasteiger partial charge is 0.248 e. The van der Waals surface area contributed by atoms with Gasteiger partial charge >= 0.3 is 0 Å². The summed E-state index contributed by atoms with van der Waals surface area (Å²) in [5.41, 5.74) is 0. The maximum atomic E-state index is 9.99. The summed E-state index contributed by atoms with van der Waals surface area (Å²) in [5.74, 6) is 0. The predicted octanol–water partition coefficient (Wildman–Crippen LogP) is 0.755. The molecule has 54 valence electrons. The number of hydrogen-bond donors (Lipinski definition) is 1. The van der Waals surface area contributed by atoms with Crippen molar-refractivity contribution in [2.75, 3.05) is 0 Å². The topological polar surface area (TPSA) is 63.4 Å². The number of hydrogen-bond acceptors (Lipinski definition) is 3. The summed E-state index contributed by atoms with van der Waals surface area (Å²) in [6.07, 6.45) is 0.333. The molecule has 0 amide bonds. The minimum Gasteiger partial charge on any atom is -0.375 e. The van der Waals surface area contributed by atoms with Crippen LogP contribution in [0.5, 0.6) is 0 Å². The quantitative estimate of drug-likeness (QED) is 0.413. The Morgan fingerprint density at radius 3 is 2.33 bits per heavy atom. The van der Waals surface area contributed by atoms with Crippen LogP contribution in [0.2, 0.25) is 0 Å². The van der Waals surface area contributed by atoms with Crippen LogP contribution in [-0.2, 0) is 0 Å². The van der Waals surface area contributed by atoms with Crippen LogP contribution < -0.4 is 0 Å². The van der Waals surface area contributed by atoms with E-state index in [0.717, 1.165) is 0 Å². The Balaban J connectivity index is 3.83. The van der Waals surface area contributed by atoms with E-state index in [0.29, 0.717) is 6.42 Å². The van der Waals surface area contributed by atoms with Gasteiger partial charge < -0.3 is 5.11 Å². The van der Waals surface area contributed by atoms with Gasteiger partial charge in [-0.05, 0) is 0 Å². The molecule has 0 aliphatic rings. The Bertz CT molecular complexity index is 106. The lowest BCUT2D eigenvalue weighted by molar-refractivity contribution is -0.528. The Hall–Kier alpha value is -0.160. The number of nitrogens with zero attached hydrogens (tertiary/aromatic N) is 1. The first-order chi connectivity index (χ1) is 4.09. The molecule has 2 atom stereocenters. The van der Waals surface area contributed by atoms with Crippen molar-refractivity contribution in [2.45, 2.75) is 24.4 Å². The number of aliphatic hydroxyl groups excluding tert-OH is 1. The van der Waals surface area contributed by atoms with Gasteiger partial charge in [-0.2, -0.15) is 0 Å². The molecule has 5 heteroatoms. The van der Waals surface area contributed by atoms with Crippen molar-refractivity contribution >= 4 is 15.9 Å². The summed E-state index contributed by atoms with van der Waals surface area (Å²) < 4.78 is 0. The molecule has 0 aromatic carbocycles. The maximum absolute atomic E-state index is 9.99. The van der Waals surface area contributed by atoms with Crippen molar-refractivity contribution < 1.29 is 10.0 Å². The van der Waals surface area contributed by atoms with E-state index < -0.39 is 16.0 Å². The highest BCUT2D eigenvalue weighted by Gasteiger charge is 2.24. The molecule has 1 N–H and O–H groups in total. The molecule has 9 heavy (non-hydrogen) atoms. The first kappa shape index (κ1) is 8.84. The molecule has 0 saturated carbocycles. The molecule has 2 unspecified atom stereocenters. The van der Waals surface area contributed by atoms with Gasteiger partial charge in [0.1, 0.15) is 0 Å². The largest absolute Gasteiger partial charge is 0.375 e. The van der Waals surface area contributed by atoms with E-state index in [1.165, 1.54) is 0 Å². The van der Waals surface area contributed by atoms with Crippen LogP contribution >= 0.6 is 15.9 Å². The molecule has 0 aromatic heterocycles. The molecule has 0 saturated heterocycles. The van der Waals surface area contributed by atoms with E-state index in [4.69, 9.17) is 5.11 Å². The van der Waals surface area contributed by atoms with E-state index in [1.807, 2.05) is 0 Å². The van der Waals surface area contributed by atoms with Gasteiger partial charge in [-0.3, -0.25) is 10.1 Å². The Kier molecular flexibility index (Phi) is 3.72. The van der Waals surface area contributed by atoms with Crippen LogP contribution in [0, 0.1) is 10.1 Å². The van der Waals surface area contributed by atoms with Crippen LogP contribution in [0.1, 0.15) is 13.3 Å². The number of rotatable bonds is 3. The van der Waals surface area contributed by atoms with Crippen LogP contribution in [-0.4, -0.2) is 21.1 Å². The van der Waals surface area contributed by atoms with Gasteiger partial charge in [0.25, 0.3) is 0 Å². The molecule has 0 aliphatic carbocycles. The lowest BCUT2D eigenvalue weighted by atomic mass is 10.3. The molecule has 0 spiro atoms. The first-order valence-corrected chi connectivity index (χ1v) is 3.46. The fourth-order valence-electron chi connectivity index (χ4n) is 0.444. The van der Waals surface area contributed by atoms with E-state index in [-0.39, 0.29) is 0 Å². The minimum atomic E-state index is -1.03. The summed E-state index contributed by atoms with van der Waals surface area (Å²) in [7, 11) is 0. The molecule has 0 aromatic rings.